The number of carbonyl (C=O) groups excluding carboxylic acids is 2. The number of carbonyl (C=O) groups is 2. The van der Waals surface area contributed by atoms with Crippen LogP contribution in [0.2, 0.25) is 0 Å². The summed E-state index contributed by atoms with van der Waals surface area (Å²) in [6, 6.07) is -0.397. The molecule has 0 radical (unpaired) electrons. The molecule has 1 unspecified atom stereocenters. The molecule has 104 valence electrons. The maximum Gasteiger partial charge on any atom is 0.245 e. The number of hydrogen-bond donors (Lipinski definition) is 1. The summed E-state index contributed by atoms with van der Waals surface area (Å²) in [6.07, 6.45) is 2.90. The highest BCUT2D eigenvalue weighted by molar-refractivity contribution is 7.09. The number of aromatic nitrogens is 1. The molecule has 1 fully saturated rings. The average Bonchev–Trinajstić information content (AvgIpc) is 2.83. The molecule has 2 amide bonds. The Bertz CT molecular complexity index is 445. The van der Waals surface area contributed by atoms with E-state index >= 15 is 0 Å². The van der Waals surface area contributed by atoms with Crippen LogP contribution in [0.4, 0.5) is 0 Å². The van der Waals surface area contributed by atoms with Crippen molar-refractivity contribution < 1.29 is 9.59 Å². The van der Waals surface area contributed by atoms with Gasteiger partial charge in [-0.3, -0.25) is 9.59 Å². The third-order valence-corrected chi connectivity index (χ3v) is 4.09. The van der Waals surface area contributed by atoms with Crippen LogP contribution in [-0.4, -0.2) is 40.8 Å². The molecule has 1 aliphatic heterocycles. The highest BCUT2D eigenvalue weighted by Crippen LogP contribution is 2.13. The summed E-state index contributed by atoms with van der Waals surface area (Å²) in [7, 11) is 0. The third-order valence-electron chi connectivity index (χ3n) is 3.25. The van der Waals surface area contributed by atoms with Crippen molar-refractivity contribution in [1.29, 1.82) is 0 Å². The van der Waals surface area contributed by atoms with E-state index in [1.807, 2.05) is 19.2 Å². The Labute approximate surface area is 117 Å². The molecule has 1 aliphatic rings. The fourth-order valence-corrected chi connectivity index (χ4v) is 2.74. The van der Waals surface area contributed by atoms with Gasteiger partial charge in [-0.1, -0.05) is 13.8 Å². The number of rotatable bonds is 4. The lowest BCUT2D eigenvalue weighted by atomic mass is 10.0. The van der Waals surface area contributed by atoms with Crippen LogP contribution in [0.1, 0.15) is 25.3 Å². The Hall–Kier alpha value is -1.43. The molecule has 5 nitrogen and oxygen atoms in total. The van der Waals surface area contributed by atoms with Gasteiger partial charge >= 0.3 is 0 Å². The van der Waals surface area contributed by atoms with Gasteiger partial charge in [0.25, 0.3) is 0 Å². The van der Waals surface area contributed by atoms with Crippen molar-refractivity contribution in [2.24, 2.45) is 5.92 Å². The van der Waals surface area contributed by atoms with Gasteiger partial charge in [0.1, 0.15) is 6.04 Å². The van der Waals surface area contributed by atoms with Gasteiger partial charge < -0.3 is 10.2 Å². The first-order valence-electron chi connectivity index (χ1n) is 6.54. The molecule has 0 aromatic carbocycles. The topological polar surface area (TPSA) is 62.3 Å². The number of nitrogens with one attached hydrogen (secondary N) is 1. The molecule has 19 heavy (non-hydrogen) atoms. The maximum absolute atomic E-state index is 12.4. The van der Waals surface area contributed by atoms with Crippen molar-refractivity contribution in [3.8, 4) is 0 Å². The summed E-state index contributed by atoms with van der Waals surface area (Å²) in [4.78, 5) is 30.0. The van der Waals surface area contributed by atoms with Crippen LogP contribution in [0.3, 0.4) is 0 Å². The number of amides is 2. The first-order chi connectivity index (χ1) is 9.08. The van der Waals surface area contributed by atoms with Crippen molar-refractivity contribution >= 4 is 23.2 Å². The van der Waals surface area contributed by atoms with Crippen molar-refractivity contribution in [2.45, 2.75) is 32.7 Å². The van der Waals surface area contributed by atoms with Gasteiger partial charge in [-0.2, -0.15) is 0 Å². The second-order valence-electron chi connectivity index (χ2n) is 5.04. The molecule has 1 saturated heterocycles. The van der Waals surface area contributed by atoms with Crippen LogP contribution < -0.4 is 5.32 Å². The Morgan fingerprint density at radius 2 is 2.32 bits per heavy atom. The SMILES string of the molecule is CC(C)C1NC(=O)CCN(CCc2nccs2)C1=O. The highest BCUT2D eigenvalue weighted by atomic mass is 32.1. The Balaban J connectivity index is 2.01. The molecule has 0 saturated carbocycles. The largest absolute Gasteiger partial charge is 0.344 e. The van der Waals surface area contributed by atoms with Crippen LogP contribution in [0.25, 0.3) is 0 Å². The Morgan fingerprint density at radius 1 is 1.53 bits per heavy atom. The Morgan fingerprint density at radius 3 is 2.95 bits per heavy atom. The zero-order valence-corrected chi connectivity index (χ0v) is 12.1. The van der Waals surface area contributed by atoms with Crippen molar-refractivity contribution in [1.82, 2.24) is 15.2 Å². The zero-order chi connectivity index (χ0) is 13.8. The molecule has 0 bridgehead atoms. The summed E-state index contributed by atoms with van der Waals surface area (Å²) in [5.74, 6) is 0.0955. The van der Waals surface area contributed by atoms with E-state index in [4.69, 9.17) is 0 Å². The highest BCUT2D eigenvalue weighted by Gasteiger charge is 2.31. The van der Waals surface area contributed by atoms with Crippen molar-refractivity contribution in [3.05, 3.63) is 16.6 Å². The minimum absolute atomic E-state index is 0.0254. The molecule has 1 aromatic heterocycles. The molecule has 0 aliphatic carbocycles. The van der Waals surface area contributed by atoms with E-state index in [2.05, 4.69) is 10.3 Å². The van der Waals surface area contributed by atoms with Crippen LogP contribution in [0.5, 0.6) is 0 Å². The predicted octanol–water partition coefficient (Wildman–Crippen LogP) is 1.06. The van der Waals surface area contributed by atoms with Gasteiger partial charge in [0, 0.05) is 37.5 Å². The van der Waals surface area contributed by atoms with Gasteiger partial charge in [0.05, 0.1) is 5.01 Å². The van der Waals surface area contributed by atoms with Crippen LogP contribution in [0.15, 0.2) is 11.6 Å². The predicted molar refractivity (Wildman–Crippen MR) is 73.8 cm³/mol. The fourth-order valence-electron chi connectivity index (χ4n) is 2.13. The smallest absolute Gasteiger partial charge is 0.245 e. The lowest BCUT2D eigenvalue weighted by molar-refractivity contribution is -0.134. The lowest BCUT2D eigenvalue weighted by Crippen LogP contribution is -2.48. The van der Waals surface area contributed by atoms with Crippen molar-refractivity contribution in [3.63, 3.8) is 0 Å². The average molecular weight is 281 g/mol. The Kier molecular flexibility index (Phi) is 4.52. The minimum Gasteiger partial charge on any atom is -0.344 e. The van der Waals surface area contributed by atoms with E-state index in [0.29, 0.717) is 19.5 Å². The van der Waals surface area contributed by atoms with Gasteiger partial charge in [0.15, 0.2) is 0 Å². The van der Waals surface area contributed by atoms with Gasteiger partial charge in [-0.25, -0.2) is 4.98 Å². The normalized spacial score (nSPS) is 20.6. The molecule has 1 aromatic rings. The zero-order valence-electron chi connectivity index (χ0n) is 11.3. The molecular formula is C13H19N3O2S. The van der Waals surface area contributed by atoms with Crippen LogP contribution in [0, 0.1) is 5.92 Å². The number of hydrogen-bond acceptors (Lipinski definition) is 4. The monoisotopic (exact) mass is 281 g/mol. The summed E-state index contributed by atoms with van der Waals surface area (Å²) >= 11 is 1.59. The van der Waals surface area contributed by atoms with E-state index in [1.54, 1.807) is 22.4 Å². The number of nitrogens with zero attached hydrogens (tertiary/aromatic N) is 2. The minimum atomic E-state index is -0.397. The van der Waals surface area contributed by atoms with Crippen molar-refractivity contribution in [2.75, 3.05) is 13.1 Å². The van der Waals surface area contributed by atoms with Crippen LogP contribution in [-0.2, 0) is 16.0 Å². The van der Waals surface area contributed by atoms with Gasteiger partial charge in [0.2, 0.25) is 11.8 Å². The summed E-state index contributed by atoms with van der Waals surface area (Å²) in [5.41, 5.74) is 0. The first-order valence-corrected chi connectivity index (χ1v) is 7.42. The third kappa shape index (κ3) is 3.53. The first kappa shape index (κ1) is 14.0. The molecular weight excluding hydrogens is 262 g/mol. The quantitative estimate of drug-likeness (QED) is 0.897. The summed E-state index contributed by atoms with van der Waals surface area (Å²) in [6.45, 7) is 5.03. The van der Waals surface area contributed by atoms with E-state index in [0.717, 1.165) is 11.4 Å². The summed E-state index contributed by atoms with van der Waals surface area (Å²) < 4.78 is 0. The van der Waals surface area contributed by atoms with E-state index in [9.17, 15) is 9.59 Å². The fraction of sp³-hybridized carbons (Fsp3) is 0.615. The van der Waals surface area contributed by atoms with E-state index in [-0.39, 0.29) is 17.7 Å². The number of thiazole rings is 1. The lowest BCUT2D eigenvalue weighted by Gasteiger charge is -2.25. The van der Waals surface area contributed by atoms with E-state index < -0.39 is 6.04 Å². The summed E-state index contributed by atoms with van der Waals surface area (Å²) in [5, 5.41) is 5.77. The second-order valence-corrected chi connectivity index (χ2v) is 6.02. The molecule has 2 rings (SSSR count). The van der Waals surface area contributed by atoms with Gasteiger partial charge in [-0.15, -0.1) is 11.3 Å². The molecule has 1 atom stereocenters. The molecule has 0 spiro atoms. The molecule has 2 heterocycles. The molecule has 6 heteroatoms. The van der Waals surface area contributed by atoms with Crippen LogP contribution >= 0.6 is 11.3 Å². The van der Waals surface area contributed by atoms with Gasteiger partial charge in [-0.05, 0) is 5.92 Å². The second kappa shape index (κ2) is 6.14. The molecule has 1 N–H and O–H groups in total. The standard InChI is InChI=1S/C13H19N3O2S/c1-9(2)12-13(18)16(6-3-10(17)15-12)7-4-11-14-5-8-19-11/h5,8-9,12H,3-4,6-7H2,1-2H3,(H,15,17). The maximum atomic E-state index is 12.4. The van der Waals surface area contributed by atoms with E-state index in [1.165, 1.54) is 0 Å².